The zero-order valence-corrected chi connectivity index (χ0v) is 13.7. The van der Waals surface area contributed by atoms with Crippen LogP contribution in [0.4, 0.5) is 18.0 Å². The number of rotatable bonds is 2. The molecule has 1 rings (SSSR count). The van der Waals surface area contributed by atoms with Gasteiger partial charge in [-0.25, -0.2) is 4.79 Å². The van der Waals surface area contributed by atoms with Crippen LogP contribution in [0.25, 0.3) is 0 Å². The van der Waals surface area contributed by atoms with Crippen molar-refractivity contribution < 1.29 is 32.5 Å². The predicted molar refractivity (Wildman–Crippen MR) is 73.2 cm³/mol. The molecule has 0 aromatic carbocycles. The van der Waals surface area contributed by atoms with Gasteiger partial charge in [0.1, 0.15) is 11.3 Å². The van der Waals surface area contributed by atoms with Crippen LogP contribution in [0.3, 0.4) is 0 Å². The molecule has 8 heteroatoms. The Morgan fingerprint density at radius 1 is 1.36 bits per heavy atom. The Balaban J connectivity index is 3.22. The summed E-state index contributed by atoms with van der Waals surface area (Å²) in [7, 11) is 0. The lowest BCUT2D eigenvalue weighted by atomic mass is 9.89. The van der Waals surface area contributed by atoms with Crippen LogP contribution in [0.15, 0.2) is 0 Å². The molecule has 0 bridgehead atoms. The van der Waals surface area contributed by atoms with Crippen molar-refractivity contribution in [2.45, 2.75) is 77.1 Å². The molecule has 0 radical (unpaired) electrons. The van der Waals surface area contributed by atoms with Gasteiger partial charge in [-0.1, -0.05) is 6.92 Å². The molecule has 130 valence electrons. The number of hydrogen-bond acceptors (Lipinski definition) is 4. The van der Waals surface area contributed by atoms with E-state index in [0.717, 1.165) is 4.90 Å². The third-order valence-corrected chi connectivity index (χ3v) is 3.66. The van der Waals surface area contributed by atoms with Crippen LogP contribution in [0.1, 0.15) is 48.0 Å². The Morgan fingerprint density at radius 3 is 2.23 bits per heavy atom. The highest BCUT2D eigenvalue weighted by molar-refractivity contribution is 5.70. The van der Waals surface area contributed by atoms with E-state index in [1.165, 1.54) is 20.8 Å². The van der Waals surface area contributed by atoms with Gasteiger partial charge in [-0.05, 0) is 41.0 Å². The molecule has 1 heterocycles. The summed E-state index contributed by atoms with van der Waals surface area (Å²) in [5.41, 5.74) is -5.23. The lowest BCUT2D eigenvalue weighted by Crippen LogP contribution is -2.63. The lowest BCUT2D eigenvalue weighted by molar-refractivity contribution is -0.278. The summed E-state index contributed by atoms with van der Waals surface area (Å²) in [5, 5.41) is 10.2. The minimum atomic E-state index is -4.89. The van der Waals surface area contributed by atoms with Gasteiger partial charge in [0.05, 0.1) is 12.6 Å². The number of nitrogens with zero attached hydrogens (tertiary/aromatic N) is 1. The molecule has 0 spiro atoms. The molecular formula is C14H24F3NO4. The molecule has 1 saturated heterocycles. The van der Waals surface area contributed by atoms with Gasteiger partial charge in [0.15, 0.2) is 5.60 Å². The molecule has 2 atom stereocenters. The van der Waals surface area contributed by atoms with E-state index in [-0.39, 0.29) is 0 Å². The standard InChI is InChI=1S/C14H24F3NO4/c1-7-13(20,14(15,16)17)9-8-21-12(5,6)18(9)10(19)22-11(2,3)4/h9,20H,7-8H2,1-6H3/t9-,13-/m0/s1. The number of carbonyl (C=O) groups excluding carboxylic acids is 1. The van der Waals surface area contributed by atoms with E-state index in [9.17, 15) is 23.1 Å². The van der Waals surface area contributed by atoms with Crippen molar-refractivity contribution >= 4 is 6.09 Å². The average Bonchev–Trinajstić information content (AvgIpc) is 2.60. The number of halogens is 3. The van der Waals surface area contributed by atoms with Crippen molar-refractivity contribution in [1.82, 2.24) is 4.90 Å². The molecule has 1 amide bonds. The molecule has 1 aliphatic rings. The quantitative estimate of drug-likeness (QED) is 0.847. The fraction of sp³-hybridized carbons (Fsp3) is 0.929. The summed E-state index contributed by atoms with van der Waals surface area (Å²) < 4.78 is 50.4. The zero-order chi connectivity index (χ0) is 17.6. The maximum absolute atomic E-state index is 13.3. The van der Waals surface area contributed by atoms with Crippen LogP contribution in [-0.4, -0.2) is 51.9 Å². The van der Waals surface area contributed by atoms with Crippen molar-refractivity contribution in [3.8, 4) is 0 Å². The summed E-state index contributed by atoms with van der Waals surface area (Å²) in [5.74, 6) is 0. The van der Waals surface area contributed by atoms with E-state index in [4.69, 9.17) is 9.47 Å². The fourth-order valence-corrected chi connectivity index (χ4v) is 2.44. The van der Waals surface area contributed by atoms with Gasteiger partial charge in [0.2, 0.25) is 0 Å². The topological polar surface area (TPSA) is 59.0 Å². The normalized spacial score (nSPS) is 25.0. The molecule has 5 nitrogen and oxygen atoms in total. The van der Waals surface area contributed by atoms with Crippen LogP contribution in [0.2, 0.25) is 0 Å². The van der Waals surface area contributed by atoms with Crippen LogP contribution >= 0.6 is 0 Å². The first-order valence-electron chi connectivity index (χ1n) is 7.11. The second kappa shape index (κ2) is 5.56. The molecule has 0 aliphatic carbocycles. The molecular weight excluding hydrogens is 303 g/mol. The maximum atomic E-state index is 13.3. The predicted octanol–water partition coefficient (Wildman–Crippen LogP) is 3.06. The van der Waals surface area contributed by atoms with Crippen LogP contribution in [-0.2, 0) is 9.47 Å². The van der Waals surface area contributed by atoms with Crippen molar-refractivity contribution in [3.05, 3.63) is 0 Å². The summed E-state index contributed by atoms with van der Waals surface area (Å²) in [6.45, 7) is 8.55. The maximum Gasteiger partial charge on any atom is 0.419 e. The first-order chi connectivity index (χ1) is 9.66. The van der Waals surface area contributed by atoms with E-state index in [1.54, 1.807) is 20.8 Å². The third-order valence-electron chi connectivity index (χ3n) is 3.66. The van der Waals surface area contributed by atoms with Gasteiger partial charge < -0.3 is 14.6 Å². The Hall–Kier alpha value is -1.02. The van der Waals surface area contributed by atoms with Gasteiger partial charge in [-0.2, -0.15) is 13.2 Å². The fourth-order valence-electron chi connectivity index (χ4n) is 2.44. The Morgan fingerprint density at radius 2 is 1.86 bits per heavy atom. The second-order valence-electron chi connectivity index (χ2n) is 6.90. The number of hydrogen-bond donors (Lipinski definition) is 1. The third kappa shape index (κ3) is 3.48. The highest BCUT2D eigenvalue weighted by Crippen LogP contribution is 2.43. The minimum absolute atomic E-state index is 0.421. The Kier molecular flexibility index (Phi) is 4.81. The molecule has 0 aromatic heterocycles. The largest absolute Gasteiger partial charge is 0.444 e. The number of aliphatic hydroxyl groups is 1. The van der Waals surface area contributed by atoms with E-state index in [1.807, 2.05) is 0 Å². The summed E-state index contributed by atoms with van der Waals surface area (Å²) >= 11 is 0. The molecule has 0 unspecified atom stereocenters. The van der Waals surface area contributed by atoms with Gasteiger partial charge in [0.25, 0.3) is 0 Å². The number of amides is 1. The van der Waals surface area contributed by atoms with Crippen molar-refractivity contribution in [3.63, 3.8) is 0 Å². The number of ether oxygens (including phenoxy) is 2. The molecule has 0 aromatic rings. The van der Waals surface area contributed by atoms with Crippen LogP contribution < -0.4 is 0 Å². The second-order valence-corrected chi connectivity index (χ2v) is 6.90. The van der Waals surface area contributed by atoms with E-state index in [2.05, 4.69) is 0 Å². The van der Waals surface area contributed by atoms with Crippen LogP contribution in [0.5, 0.6) is 0 Å². The van der Waals surface area contributed by atoms with Gasteiger partial charge in [-0.3, -0.25) is 4.90 Å². The van der Waals surface area contributed by atoms with Gasteiger partial charge in [0, 0.05) is 0 Å². The molecule has 1 aliphatic heterocycles. The summed E-state index contributed by atoms with van der Waals surface area (Å²) in [4.78, 5) is 13.2. The van der Waals surface area contributed by atoms with E-state index >= 15 is 0 Å². The monoisotopic (exact) mass is 327 g/mol. The molecule has 1 N–H and O–H groups in total. The molecule has 1 fully saturated rings. The van der Waals surface area contributed by atoms with Crippen LogP contribution in [0, 0.1) is 0 Å². The first kappa shape index (κ1) is 19.0. The molecule has 0 saturated carbocycles. The number of alkyl halides is 3. The molecule has 22 heavy (non-hydrogen) atoms. The van der Waals surface area contributed by atoms with Gasteiger partial charge >= 0.3 is 12.3 Å². The summed E-state index contributed by atoms with van der Waals surface area (Å²) in [6.07, 6.45) is -6.44. The SMILES string of the molecule is CC[C@](O)([C@@H]1COC(C)(C)N1C(=O)OC(C)(C)C)C(F)(F)F. The van der Waals surface area contributed by atoms with Crippen molar-refractivity contribution in [1.29, 1.82) is 0 Å². The zero-order valence-electron chi connectivity index (χ0n) is 13.7. The van der Waals surface area contributed by atoms with E-state index in [0.29, 0.717) is 0 Å². The Labute approximate surface area is 128 Å². The average molecular weight is 327 g/mol. The lowest BCUT2D eigenvalue weighted by Gasteiger charge is -2.42. The Bertz CT molecular complexity index is 431. The van der Waals surface area contributed by atoms with E-state index < -0.39 is 48.3 Å². The smallest absolute Gasteiger partial charge is 0.419 e. The summed E-state index contributed by atoms with van der Waals surface area (Å²) in [6, 6.07) is -1.57. The number of carbonyl (C=O) groups is 1. The van der Waals surface area contributed by atoms with Crippen molar-refractivity contribution in [2.75, 3.05) is 6.61 Å². The van der Waals surface area contributed by atoms with Crippen molar-refractivity contribution in [2.24, 2.45) is 0 Å². The highest BCUT2D eigenvalue weighted by Gasteiger charge is 2.64. The van der Waals surface area contributed by atoms with Gasteiger partial charge in [-0.15, -0.1) is 0 Å². The minimum Gasteiger partial charge on any atom is -0.444 e. The highest BCUT2D eigenvalue weighted by atomic mass is 19.4. The first-order valence-corrected chi connectivity index (χ1v) is 7.11.